The highest BCUT2D eigenvalue weighted by Crippen LogP contribution is 2.10. The van der Waals surface area contributed by atoms with Gasteiger partial charge in [-0.1, -0.05) is 27.2 Å². The molecule has 0 aliphatic rings. The van der Waals surface area contributed by atoms with Crippen LogP contribution in [0.5, 0.6) is 0 Å². The first-order valence-corrected chi connectivity index (χ1v) is 6.10. The molecule has 0 aromatic carbocycles. The van der Waals surface area contributed by atoms with Gasteiger partial charge in [-0.25, -0.2) is 4.98 Å². The van der Waals surface area contributed by atoms with Crippen molar-refractivity contribution in [3.63, 3.8) is 0 Å². The molecule has 0 N–H and O–H groups in total. The molecular formula is C13H21N3. The number of hydrogen-bond acceptors (Lipinski definition) is 2. The average molecular weight is 219 g/mol. The molecule has 3 nitrogen and oxygen atoms in total. The van der Waals surface area contributed by atoms with Crippen LogP contribution in [0.25, 0.3) is 5.65 Å². The highest BCUT2D eigenvalue weighted by Gasteiger charge is 2.04. The van der Waals surface area contributed by atoms with Crippen molar-refractivity contribution in [2.75, 3.05) is 0 Å². The van der Waals surface area contributed by atoms with Gasteiger partial charge in [0.15, 0.2) is 5.65 Å². The normalized spacial score (nSPS) is 10.0. The Kier molecular flexibility index (Phi) is 4.96. The Labute approximate surface area is 97.5 Å². The minimum Gasteiger partial charge on any atom is -0.304 e. The fourth-order valence-corrected chi connectivity index (χ4v) is 1.65. The number of aromatic nitrogens is 3. The van der Waals surface area contributed by atoms with Crippen molar-refractivity contribution in [3.8, 4) is 0 Å². The number of unbranched alkanes of at least 4 members (excludes halogenated alkanes) is 1. The van der Waals surface area contributed by atoms with Gasteiger partial charge in [0.2, 0.25) is 0 Å². The van der Waals surface area contributed by atoms with Crippen molar-refractivity contribution in [3.05, 3.63) is 30.0 Å². The number of rotatable bonds is 3. The standard InChI is InChI=1S/C11H15N3.C2H6/c1-3-4-5-10-11-12-6-7-14(11)8-9(2)13-10;1-2/h6-8H,3-5H2,1-2H3;1-2H3. The van der Waals surface area contributed by atoms with E-state index >= 15 is 0 Å². The molecule has 0 bridgehead atoms. The lowest BCUT2D eigenvalue weighted by molar-refractivity contribution is 0.771. The Morgan fingerprint density at radius 2 is 2.06 bits per heavy atom. The summed E-state index contributed by atoms with van der Waals surface area (Å²) >= 11 is 0. The van der Waals surface area contributed by atoms with Crippen molar-refractivity contribution in [2.45, 2.75) is 47.0 Å². The molecule has 0 spiro atoms. The van der Waals surface area contributed by atoms with Crippen LogP contribution in [0.15, 0.2) is 18.6 Å². The van der Waals surface area contributed by atoms with Crippen LogP contribution in [0.2, 0.25) is 0 Å². The van der Waals surface area contributed by atoms with Gasteiger partial charge in [-0.15, -0.1) is 0 Å². The quantitative estimate of drug-likeness (QED) is 0.792. The zero-order valence-electron chi connectivity index (χ0n) is 10.7. The first-order chi connectivity index (χ1) is 7.81. The van der Waals surface area contributed by atoms with Crippen LogP contribution < -0.4 is 0 Å². The van der Waals surface area contributed by atoms with Gasteiger partial charge in [0.25, 0.3) is 0 Å². The van der Waals surface area contributed by atoms with Gasteiger partial charge in [-0.05, 0) is 19.8 Å². The van der Waals surface area contributed by atoms with Crippen LogP contribution >= 0.6 is 0 Å². The molecule has 0 aliphatic carbocycles. The molecule has 2 heterocycles. The molecule has 0 fully saturated rings. The largest absolute Gasteiger partial charge is 0.304 e. The van der Waals surface area contributed by atoms with Crippen LogP contribution in [-0.4, -0.2) is 14.4 Å². The maximum atomic E-state index is 4.53. The number of aryl methyl sites for hydroxylation is 2. The average Bonchev–Trinajstić information content (AvgIpc) is 2.76. The van der Waals surface area contributed by atoms with Crippen LogP contribution in [0.4, 0.5) is 0 Å². The number of imidazole rings is 1. The Morgan fingerprint density at radius 1 is 1.31 bits per heavy atom. The predicted molar refractivity (Wildman–Crippen MR) is 67.7 cm³/mol. The molecule has 0 unspecified atom stereocenters. The van der Waals surface area contributed by atoms with Crippen LogP contribution in [0.1, 0.15) is 45.0 Å². The highest BCUT2D eigenvalue weighted by atomic mass is 15.0. The molecule has 3 heteroatoms. The van der Waals surface area contributed by atoms with Crippen molar-refractivity contribution >= 4 is 5.65 Å². The molecule has 88 valence electrons. The molecule has 0 atom stereocenters. The zero-order chi connectivity index (χ0) is 12.0. The Hall–Kier alpha value is -1.38. The van der Waals surface area contributed by atoms with Gasteiger partial charge >= 0.3 is 0 Å². The molecule has 0 saturated heterocycles. The highest BCUT2D eigenvalue weighted by molar-refractivity contribution is 5.44. The third-order valence-corrected chi connectivity index (χ3v) is 2.33. The van der Waals surface area contributed by atoms with Gasteiger partial charge in [0.1, 0.15) is 0 Å². The third kappa shape index (κ3) is 2.81. The summed E-state index contributed by atoms with van der Waals surface area (Å²) in [7, 11) is 0. The molecule has 0 saturated carbocycles. The van der Waals surface area contributed by atoms with Gasteiger partial charge < -0.3 is 4.40 Å². The molecule has 0 radical (unpaired) electrons. The van der Waals surface area contributed by atoms with E-state index in [2.05, 4.69) is 16.9 Å². The topological polar surface area (TPSA) is 30.2 Å². The lowest BCUT2D eigenvalue weighted by Crippen LogP contribution is -1.99. The summed E-state index contributed by atoms with van der Waals surface area (Å²) in [6.45, 7) is 8.22. The summed E-state index contributed by atoms with van der Waals surface area (Å²) in [6.07, 6.45) is 9.21. The fraction of sp³-hybridized carbons (Fsp3) is 0.538. The molecule has 0 aliphatic heterocycles. The van der Waals surface area contributed by atoms with E-state index in [9.17, 15) is 0 Å². The number of nitrogens with zero attached hydrogens (tertiary/aromatic N) is 3. The Bertz CT molecular complexity index is 432. The van der Waals surface area contributed by atoms with Crippen molar-refractivity contribution in [2.24, 2.45) is 0 Å². The van der Waals surface area contributed by atoms with Crippen molar-refractivity contribution in [1.82, 2.24) is 14.4 Å². The Morgan fingerprint density at radius 3 is 2.75 bits per heavy atom. The van der Waals surface area contributed by atoms with E-state index in [1.807, 2.05) is 43.8 Å². The monoisotopic (exact) mass is 219 g/mol. The third-order valence-electron chi connectivity index (χ3n) is 2.33. The van der Waals surface area contributed by atoms with Gasteiger partial charge in [-0.3, -0.25) is 4.98 Å². The summed E-state index contributed by atoms with van der Waals surface area (Å²) in [5, 5.41) is 0. The zero-order valence-corrected chi connectivity index (χ0v) is 10.7. The second-order valence-electron chi connectivity index (χ2n) is 3.59. The number of hydrogen-bond donors (Lipinski definition) is 0. The lowest BCUT2D eigenvalue weighted by Gasteiger charge is -2.03. The van der Waals surface area contributed by atoms with E-state index < -0.39 is 0 Å². The van der Waals surface area contributed by atoms with Crippen molar-refractivity contribution in [1.29, 1.82) is 0 Å². The van der Waals surface area contributed by atoms with Gasteiger partial charge in [0, 0.05) is 18.6 Å². The number of fused-ring (bicyclic) bond motifs is 1. The fourth-order valence-electron chi connectivity index (χ4n) is 1.65. The first kappa shape index (κ1) is 12.7. The van der Waals surface area contributed by atoms with E-state index in [0.29, 0.717) is 0 Å². The minimum absolute atomic E-state index is 1.00. The van der Waals surface area contributed by atoms with Crippen LogP contribution in [0, 0.1) is 6.92 Å². The first-order valence-electron chi connectivity index (χ1n) is 6.10. The predicted octanol–water partition coefficient (Wildman–Crippen LogP) is 3.41. The second-order valence-corrected chi connectivity index (χ2v) is 3.59. The summed E-state index contributed by atoms with van der Waals surface area (Å²) in [5.41, 5.74) is 3.18. The smallest absolute Gasteiger partial charge is 0.158 e. The molecule has 2 rings (SSSR count). The van der Waals surface area contributed by atoms with Crippen LogP contribution in [0.3, 0.4) is 0 Å². The summed E-state index contributed by atoms with van der Waals surface area (Å²) in [4.78, 5) is 8.84. The SMILES string of the molecule is CC.CCCCc1nc(C)cn2ccnc12. The van der Waals surface area contributed by atoms with E-state index in [0.717, 1.165) is 23.5 Å². The summed E-state index contributed by atoms with van der Waals surface area (Å²) < 4.78 is 2.05. The van der Waals surface area contributed by atoms with Gasteiger partial charge in [0.05, 0.1) is 11.4 Å². The second kappa shape index (κ2) is 6.26. The van der Waals surface area contributed by atoms with Crippen molar-refractivity contribution < 1.29 is 0 Å². The summed E-state index contributed by atoms with van der Waals surface area (Å²) in [5.74, 6) is 0. The maximum Gasteiger partial charge on any atom is 0.158 e. The Balaban J connectivity index is 0.000000606. The minimum atomic E-state index is 1.00. The van der Waals surface area contributed by atoms with E-state index in [4.69, 9.17) is 0 Å². The molecular weight excluding hydrogens is 198 g/mol. The van der Waals surface area contributed by atoms with E-state index in [-0.39, 0.29) is 0 Å². The van der Waals surface area contributed by atoms with E-state index in [1.165, 1.54) is 12.8 Å². The van der Waals surface area contributed by atoms with Gasteiger partial charge in [-0.2, -0.15) is 0 Å². The molecule has 16 heavy (non-hydrogen) atoms. The lowest BCUT2D eigenvalue weighted by atomic mass is 10.2. The molecule has 2 aromatic rings. The molecule has 2 aromatic heterocycles. The maximum absolute atomic E-state index is 4.53. The molecule has 0 amide bonds. The van der Waals surface area contributed by atoms with Crippen LogP contribution in [-0.2, 0) is 6.42 Å². The van der Waals surface area contributed by atoms with E-state index in [1.54, 1.807) is 0 Å². The summed E-state index contributed by atoms with van der Waals surface area (Å²) in [6, 6.07) is 0.